The third kappa shape index (κ3) is 3.20. The Labute approximate surface area is 113 Å². The first kappa shape index (κ1) is 15.4. The first-order chi connectivity index (χ1) is 8.58. The minimum absolute atomic E-state index is 0.00150. The second-order valence-corrected chi connectivity index (χ2v) is 5.68. The number of allylic oxidation sites excluding steroid dienone is 3. The smallest absolute Gasteiger partial charge is 0.328 e. The van der Waals surface area contributed by atoms with E-state index < -0.39 is 17.0 Å². The molecule has 0 saturated heterocycles. The zero-order valence-corrected chi connectivity index (χ0v) is 11.7. The molecule has 1 atom stereocenters. The minimum Gasteiger partial charge on any atom is -0.478 e. The fourth-order valence-corrected chi connectivity index (χ4v) is 2.36. The molecule has 0 aromatic rings. The van der Waals surface area contributed by atoms with Crippen LogP contribution in [0.25, 0.3) is 0 Å². The molecule has 0 aromatic heterocycles. The van der Waals surface area contributed by atoms with E-state index in [-0.39, 0.29) is 12.2 Å². The zero-order valence-electron chi connectivity index (χ0n) is 11.7. The molecule has 4 heteroatoms. The Morgan fingerprint density at radius 2 is 2.00 bits per heavy atom. The Kier molecular flexibility index (Phi) is 4.15. The maximum Gasteiger partial charge on any atom is 0.328 e. The second-order valence-electron chi connectivity index (χ2n) is 5.68. The Morgan fingerprint density at radius 1 is 1.42 bits per heavy atom. The van der Waals surface area contributed by atoms with E-state index in [1.54, 1.807) is 26.0 Å². The summed E-state index contributed by atoms with van der Waals surface area (Å²) < 4.78 is 0. The average molecular weight is 264 g/mol. The molecule has 4 nitrogen and oxygen atoms in total. The lowest BCUT2D eigenvalue weighted by Crippen LogP contribution is -2.48. The van der Waals surface area contributed by atoms with Gasteiger partial charge in [0, 0.05) is 17.9 Å². The molecule has 19 heavy (non-hydrogen) atoms. The monoisotopic (exact) mass is 264 g/mol. The third-order valence-corrected chi connectivity index (χ3v) is 3.57. The maximum absolute atomic E-state index is 11.6. The number of carbonyl (C=O) groups excluding carboxylic acids is 1. The van der Waals surface area contributed by atoms with Crippen LogP contribution in [0.1, 0.15) is 34.1 Å². The van der Waals surface area contributed by atoms with Gasteiger partial charge in [0.25, 0.3) is 0 Å². The van der Waals surface area contributed by atoms with Crippen molar-refractivity contribution in [3.05, 3.63) is 35.5 Å². The molecule has 0 aliphatic heterocycles. The van der Waals surface area contributed by atoms with E-state index in [1.165, 1.54) is 6.08 Å². The molecule has 1 aliphatic rings. The van der Waals surface area contributed by atoms with E-state index in [2.05, 4.69) is 0 Å². The van der Waals surface area contributed by atoms with Gasteiger partial charge in [0.1, 0.15) is 5.60 Å². The zero-order chi connectivity index (χ0) is 14.8. The van der Waals surface area contributed by atoms with Gasteiger partial charge in [-0.3, -0.25) is 4.79 Å². The highest BCUT2D eigenvalue weighted by molar-refractivity contribution is 5.92. The van der Waals surface area contributed by atoms with Gasteiger partial charge < -0.3 is 10.2 Å². The fourth-order valence-electron chi connectivity index (χ4n) is 2.36. The standard InChI is InChI=1S/C15H20O4/c1-10(7-13(17)18)5-6-15(19)11(2)8-12(16)9-14(15,3)4/h5-8,19H,9H2,1-4H3,(H,17,18)/b6-5+,10-7?/t15-/m1/s1. The van der Waals surface area contributed by atoms with Crippen LogP contribution in [0, 0.1) is 5.41 Å². The summed E-state index contributed by atoms with van der Waals surface area (Å²) in [6, 6.07) is 0. The van der Waals surface area contributed by atoms with Crippen LogP contribution in [0.2, 0.25) is 0 Å². The molecular weight excluding hydrogens is 244 g/mol. The number of carbonyl (C=O) groups is 2. The number of carboxylic acid groups (broad SMARTS) is 1. The minimum atomic E-state index is -1.24. The van der Waals surface area contributed by atoms with Gasteiger partial charge >= 0.3 is 5.97 Å². The molecule has 0 saturated carbocycles. The van der Waals surface area contributed by atoms with Gasteiger partial charge in [-0.2, -0.15) is 0 Å². The number of carboxylic acids is 1. The molecule has 0 radical (unpaired) electrons. The largest absolute Gasteiger partial charge is 0.478 e. The Bertz CT molecular complexity index is 494. The quantitative estimate of drug-likeness (QED) is 0.605. The van der Waals surface area contributed by atoms with E-state index >= 15 is 0 Å². The number of hydrogen-bond acceptors (Lipinski definition) is 3. The van der Waals surface area contributed by atoms with Gasteiger partial charge in [0.2, 0.25) is 0 Å². The first-order valence-electron chi connectivity index (χ1n) is 6.13. The van der Waals surface area contributed by atoms with E-state index in [0.717, 1.165) is 6.08 Å². The predicted molar refractivity (Wildman–Crippen MR) is 72.6 cm³/mol. The van der Waals surface area contributed by atoms with Crippen LogP contribution in [0.5, 0.6) is 0 Å². The van der Waals surface area contributed by atoms with Crippen molar-refractivity contribution in [2.24, 2.45) is 5.41 Å². The fraction of sp³-hybridized carbons (Fsp3) is 0.467. The molecule has 0 bridgehead atoms. The van der Waals surface area contributed by atoms with Crippen molar-refractivity contribution in [1.82, 2.24) is 0 Å². The Balaban J connectivity index is 3.15. The number of rotatable bonds is 3. The number of ketones is 1. The molecular formula is C15H20O4. The topological polar surface area (TPSA) is 74.6 Å². The number of aliphatic carboxylic acids is 1. The molecule has 0 heterocycles. The first-order valence-corrected chi connectivity index (χ1v) is 6.13. The molecule has 0 amide bonds. The Morgan fingerprint density at radius 3 is 2.47 bits per heavy atom. The molecule has 0 aromatic carbocycles. The van der Waals surface area contributed by atoms with Crippen molar-refractivity contribution < 1.29 is 19.8 Å². The van der Waals surface area contributed by atoms with Gasteiger partial charge in [-0.05, 0) is 37.1 Å². The summed E-state index contributed by atoms with van der Waals surface area (Å²) in [6.07, 6.45) is 5.92. The van der Waals surface area contributed by atoms with E-state index in [0.29, 0.717) is 11.1 Å². The van der Waals surface area contributed by atoms with Gasteiger partial charge in [-0.1, -0.05) is 19.9 Å². The van der Waals surface area contributed by atoms with Crippen molar-refractivity contribution in [2.75, 3.05) is 0 Å². The van der Waals surface area contributed by atoms with Crippen LogP contribution in [0.15, 0.2) is 35.5 Å². The highest BCUT2D eigenvalue weighted by Crippen LogP contribution is 2.44. The van der Waals surface area contributed by atoms with Crippen molar-refractivity contribution in [1.29, 1.82) is 0 Å². The predicted octanol–water partition coefficient (Wildman–Crippen LogP) is 2.25. The molecule has 0 unspecified atom stereocenters. The van der Waals surface area contributed by atoms with Gasteiger partial charge in [-0.15, -0.1) is 0 Å². The summed E-state index contributed by atoms with van der Waals surface area (Å²) >= 11 is 0. The summed E-state index contributed by atoms with van der Waals surface area (Å²) in [7, 11) is 0. The van der Waals surface area contributed by atoms with Crippen LogP contribution < -0.4 is 0 Å². The van der Waals surface area contributed by atoms with E-state index in [4.69, 9.17) is 5.11 Å². The molecule has 0 fully saturated rings. The molecule has 2 N–H and O–H groups in total. The van der Waals surface area contributed by atoms with Crippen LogP contribution in [-0.2, 0) is 9.59 Å². The molecule has 0 spiro atoms. The van der Waals surface area contributed by atoms with Gasteiger partial charge in [-0.25, -0.2) is 4.79 Å². The SMILES string of the molecule is CC(=CC(=O)O)/C=C/[C@@]1(O)C(C)=CC(=O)CC1(C)C. The highest BCUT2D eigenvalue weighted by Gasteiger charge is 2.46. The van der Waals surface area contributed by atoms with Crippen LogP contribution >= 0.6 is 0 Å². The maximum atomic E-state index is 11.6. The van der Waals surface area contributed by atoms with E-state index in [9.17, 15) is 14.7 Å². The lowest BCUT2D eigenvalue weighted by Gasteiger charge is -2.43. The summed E-state index contributed by atoms with van der Waals surface area (Å²) in [4.78, 5) is 22.1. The molecule has 104 valence electrons. The van der Waals surface area contributed by atoms with Gasteiger partial charge in [0.05, 0.1) is 0 Å². The number of aliphatic hydroxyl groups is 1. The second kappa shape index (κ2) is 5.13. The summed E-state index contributed by atoms with van der Waals surface area (Å²) in [5.74, 6) is -1.03. The Hall–Kier alpha value is -1.68. The van der Waals surface area contributed by atoms with Crippen molar-refractivity contribution in [2.45, 2.75) is 39.7 Å². The van der Waals surface area contributed by atoms with Crippen molar-refractivity contribution in [3.63, 3.8) is 0 Å². The lowest BCUT2D eigenvalue weighted by molar-refractivity contribution is -0.131. The van der Waals surface area contributed by atoms with Gasteiger partial charge in [0.15, 0.2) is 5.78 Å². The average Bonchev–Trinajstić information content (AvgIpc) is 2.21. The van der Waals surface area contributed by atoms with E-state index in [1.807, 2.05) is 13.8 Å². The van der Waals surface area contributed by atoms with Crippen molar-refractivity contribution in [3.8, 4) is 0 Å². The summed E-state index contributed by atoms with van der Waals surface area (Å²) in [5.41, 5.74) is -0.758. The third-order valence-electron chi connectivity index (χ3n) is 3.57. The molecule has 1 aliphatic carbocycles. The van der Waals surface area contributed by atoms with Crippen LogP contribution in [0.4, 0.5) is 0 Å². The summed E-state index contributed by atoms with van der Waals surface area (Å²) in [6.45, 7) is 7.00. The van der Waals surface area contributed by atoms with Crippen molar-refractivity contribution >= 4 is 11.8 Å². The molecule has 1 rings (SSSR count). The lowest BCUT2D eigenvalue weighted by atomic mass is 9.64. The van der Waals surface area contributed by atoms with Crippen LogP contribution in [0.3, 0.4) is 0 Å². The summed E-state index contributed by atoms with van der Waals surface area (Å²) in [5, 5.41) is 19.4. The highest BCUT2D eigenvalue weighted by atomic mass is 16.4. The normalized spacial score (nSPS) is 27.5. The van der Waals surface area contributed by atoms with Crippen LogP contribution in [-0.4, -0.2) is 27.6 Å². The number of hydrogen-bond donors (Lipinski definition) is 2.